The van der Waals surface area contributed by atoms with E-state index in [2.05, 4.69) is 5.32 Å². The van der Waals surface area contributed by atoms with Crippen molar-refractivity contribution in [2.75, 3.05) is 19.8 Å². The van der Waals surface area contributed by atoms with Gasteiger partial charge in [0, 0.05) is 25.2 Å². The average Bonchev–Trinajstić information content (AvgIpc) is 2.87. The van der Waals surface area contributed by atoms with Gasteiger partial charge in [-0.3, -0.25) is 4.79 Å². The minimum Gasteiger partial charge on any atom is -0.486 e. The SMILES string of the molecule is O=C(NCc1ccc2c(c1)OCCO2)c1cccc(S(=O)(=O)N2CCc3ccccc3C2)c1. The van der Waals surface area contributed by atoms with Crippen molar-refractivity contribution < 1.29 is 22.7 Å². The van der Waals surface area contributed by atoms with Gasteiger partial charge in [-0.25, -0.2) is 8.42 Å². The molecule has 33 heavy (non-hydrogen) atoms. The van der Waals surface area contributed by atoms with Crippen LogP contribution >= 0.6 is 0 Å². The van der Waals surface area contributed by atoms with Crippen LogP contribution in [0.15, 0.2) is 71.6 Å². The van der Waals surface area contributed by atoms with Crippen LogP contribution in [0.1, 0.15) is 27.0 Å². The monoisotopic (exact) mass is 464 g/mol. The summed E-state index contributed by atoms with van der Waals surface area (Å²) in [7, 11) is -3.72. The van der Waals surface area contributed by atoms with Gasteiger partial charge in [0.25, 0.3) is 5.91 Å². The summed E-state index contributed by atoms with van der Waals surface area (Å²) in [6.07, 6.45) is 0.672. The number of amides is 1. The number of sulfonamides is 1. The number of carbonyl (C=O) groups excluding carboxylic acids is 1. The molecule has 1 N–H and O–H groups in total. The first kappa shape index (κ1) is 21.5. The fourth-order valence-corrected chi connectivity index (χ4v) is 5.57. The molecule has 1 amide bonds. The van der Waals surface area contributed by atoms with Gasteiger partial charge in [-0.2, -0.15) is 4.31 Å². The summed E-state index contributed by atoms with van der Waals surface area (Å²) in [6, 6.07) is 19.6. The molecule has 0 saturated heterocycles. The first-order valence-electron chi connectivity index (χ1n) is 10.8. The summed E-state index contributed by atoms with van der Waals surface area (Å²) in [5.74, 6) is 1.00. The largest absolute Gasteiger partial charge is 0.486 e. The highest BCUT2D eigenvalue weighted by Gasteiger charge is 2.28. The second-order valence-corrected chi connectivity index (χ2v) is 9.98. The molecule has 2 aliphatic rings. The topological polar surface area (TPSA) is 84.9 Å². The van der Waals surface area contributed by atoms with Crippen LogP contribution in [0.2, 0.25) is 0 Å². The Morgan fingerprint density at radius 3 is 2.55 bits per heavy atom. The number of benzene rings is 3. The van der Waals surface area contributed by atoms with Crippen LogP contribution in [-0.4, -0.2) is 38.4 Å². The van der Waals surface area contributed by atoms with Crippen LogP contribution in [-0.2, 0) is 29.5 Å². The number of hydrogen-bond donors (Lipinski definition) is 1. The fourth-order valence-electron chi connectivity index (χ4n) is 4.10. The first-order valence-corrected chi connectivity index (χ1v) is 12.3. The normalized spacial score (nSPS) is 15.5. The van der Waals surface area contributed by atoms with Crippen molar-refractivity contribution in [3.05, 3.63) is 89.0 Å². The summed E-state index contributed by atoms with van der Waals surface area (Å²) < 4.78 is 39.1. The van der Waals surface area contributed by atoms with Crippen molar-refractivity contribution in [1.29, 1.82) is 0 Å². The molecule has 0 saturated carbocycles. The Bertz CT molecular complexity index is 1310. The molecule has 8 heteroatoms. The van der Waals surface area contributed by atoms with Gasteiger partial charge in [-0.1, -0.05) is 36.4 Å². The lowest BCUT2D eigenvalue weighted by Crippen LogP contribution is -2.36. The molecule has 0 radical (unpaired) electrons. The molecule has 3 aromatic rings. The first-order chi connectivity index (χ1) is 16.0. The zero-order valence-corrected chi connectivity index (χ0v) is 18.8. The summed E-state index contributed by atoms with van der Waals surface area (Å²) in [4.78, 5) is 12.9. The number of carbonyl (C=O) groups is 1. The number of ether oxygens (including phenoxy) is 2. The van der Waals surface area contributed by atoms with E-state index in [-0.39, 0.29) is 17.3 Å². The molecular weight excluding hydrogens is 440 g/mol. The van der Waals surface area contributed by atoms with Crippen LogP contribution in [0.25, 0.3) is 0 Å². The molecule has 7 nitrogen and oxygen atoms in total. The molecular formula is C25H24N2O5S. The van der Waals surface area contributed by atoms with E-state index >= 15 is 0 Å². The van der Waals surface area contributed by atoms with E-state index < -0.39 is 10.0 Å². The van der Waals surface area contributed by atoms with E-state index in [1.807, 2.05) is 42.5 Å². The highest BCUT2D eigenvalue weighted by Crippen LogP contribution is 2.31. The second-order valence-electron chi connectivity index (χ2n) is 8.05. The van der Waals surface area contributed by atoms with E-state index in [1.54, 1.807) is 12.1 Å². The molecule has 0 atom stereocenters. The molecule has 0 spiro atoms. The number of fused-ring (bicyclic) bond motifs is 2. The Labute approximate surface area is 193 Å². The zero-order valence-electron chi connectivity index (χ0n) is 18.0. The van der Waals surface area contributed by atoms with Gasteiger partial charge < -0.3 is 14.8 Å². The van der Waals surface area contributed by atoms with Crippen LogP contribution in [0.5, 0.6) is 11.5 Å². The summed E-state index contributed by atoms with van der Waals surface area (Å²) in [5.41, 5.74) is 3.35. The Balaban J connectivity index is 1.29. The Hall–Kier alpha value is -3.36. The maximum atomic E-state index is 13.3. The highest BCUT2D eigenvalue weighted by molar-refractivity contribution is 7.89. The molecule has 2 aliphatic heterocycles. The number of nitrogens with one attached hydrogen (secondary N) is 1. The maximum absolute atomic E-state index is 13.3. The van der Waals surface area contributed by atoms with Crippen molar-refractivity contribution in [2.24, 2.45) is 0 Å². The van der Waals surface area contributed by atoms with Gasteiger partial charge in [-0.05, 0) is 53.4 Å². The average molecular weight is 465 g/mol. The molecule has 170 valence electrons. The lowest BCUT2D eigenvalue weighted by Gasteiger charge is -2.28. The summed E-state index contributed by atoms with van der Waals surface area (Å²) in [5, 5.41) is 2.85. The van der Waals surface area contributed by atoms with E-state index in [9.17, 15) is 13.2 Å². The van der Waals surface area contributed by atoms with Gasteiger partial charge >= 0.3 is 0 Å². The molecule has 0 bridgehead atoms. The maximum Gasteiger partial charge on any atom is 0.251 e. The number of nitrogens with zero attached hydrogens (tertiary/aromatic N) is 1. The van der Waals surface area contributed by atoms with Gasteiger partial charge in [0.05, 0.1) is 4.90 Å². The minimum absolute atomic E-state index is 0.119. The van der Waals surface area contributed by atoms with Crippen LogP contribution in [0, 0.1) is 0 Å². The Kier molecular flexibility index (Phi) is 5.78. The predicted octanol–water partition coefficient (Wildman–Crippen LogP) is 3.13. The molecule has 0 aromatic heterocycles. The van der Waals surface area contributed by atoms with Crippen LogP contribution in [0.4, 0.5) is 0 Å². The van der Waals surface area contributed by atoms with E-state index in [4.69, 9.17) is 9.47 Å². The standard InChI is InChI=1S/C25H24N2O5S/c28-25(26-16-18-8-9-23-24(14-18)32-13-12-31-23)20-6-3-7-22(15-20)33(29,30)27-11-10-19-4-1-2-5-21(19)17-27/h1-9,14-15H,10-13,16-17H2,(H,26,28). The van der Waals surface area contributed by atoms with Crippen molar-refractivity contribution >= 4 is 15.9 Å². The van der Waals surface area contributed by atoms with E-state index in [1.165, 1.54) is 22.0 Å². The number of rotatable bonds is 5. The second kappa shape index (κ2) is 8.88. The van der Waals surface area contributed by atoms with E-state index in [0.717, 1.165) is 11.1 Å². The Morgan fingerprint density at radius 1 is 0.909 bits per heavy atom. The summed E-state index contributed by atoms with van der Waals surface area (Å²) in [6.45, 7) is 2.05. The van der Waals surface area contributed by atoms with Gasteiger partial charge in [-0.15, -0.1) is 0 Å². The molecule has 5 rings (SSSR count). The fraction of sp³-hybridized carbons (Fsp3) is 0.240. The number of hydrogen-bond acceptors (Lipinski definition) is 5. The smallest absolute Gasteiger partial charge is 0.251 e. The van der Waals surface area contributed by atoms with Gasteiger partial charge in [0.15, 0.2) is 11.5 Å². The van der Waals surface area contributed by atoms with Crippen molar-refractivity contribution in [2.45, 2.75) is 24.4 Å². The van der Waals surface area contributed by atoms with E-state index in [0.29, 0.717) is 49.8 Å². The molecule has 0 aliphatic carbocycles. The van der Waals surface area contributed by atoms with Crippen molar-refractivity contribution in [3.8, 4) is 11.5 Å². The lowest BCUT2D eigenvalue weighted by molar-refractivity contribution is 0.0950. The highest BCUT2D eigenvalue weighted by atomic mass is 32.2. The Morgan fingerprint density at radius 2 is 1.70 bits per heavy atom. The quantitative estimate of drug-likeness (QED) is 0.627. The third kappa shape index (κ3) is 4.44. The lowest BCUT2D eigenvalue weighted by atomic mass is 10.0. The minimum atomic E-state index is -3.72. The third-order valence-corrected chi connectivity index (χ3v) is 7.73. The molecule has 0 unspecified atom stereocenters. The summed E-state index contributed by atoms with van der Waals surface area (Å²) >= 11 is 0. The third-order valence-electron chi connectivity index (χ3n) is 5.89. The molecule has 2 heterocycles. The van der Waals surface area contributed by atoms with Crippen LogP contribution < -0.4 is 14.8 Å². The van der Waals surface area contributed by atoms with Gasteiger partial charge in [0.2, 0.25) is 10.0 Å². The molecule has 3 aromatic carbocycles. The van der Waals surface area contributed by atoms with Crippen LogP contribution in [0.3, 0.4) is 0 Å². The predicted molar refractivity (Wildman–Crippen MR) is 123 cm³/mol. The van der Waals surface area contributed by atoms with Crippen molar-refractivity contribution in [3.63, 3.8) is 0 Å². The molecule has 0 fully saturated rings. The zero-order chi connectivity index (χ0) is 22.8. The van der Waals surface area contributed by atoms with Gasteiger partial charge in [0.1, 0.15) is 13.2 Å². The van der Waals surface area contributed by atoms with Crippen molar-refractivity contribution in [1.82, 2.24) is 9.62 Å².